The number of amides is 1. The Hall–Kier alpha value is -3.46. The quantitative estimate of drug-likeness (QED) is 0.785. The first-order chi connectivity index (χ1) is 15.1. The van der Waals surface area contributed by atoms with E-state index in [9.17, 15) is 14.4 Å². The second kappa shape index (κ2) is 9.13. The lowest BCUT2D eigenvalue weighted by Gasteiger charge is -2.23. The van der Waals surface area contributed by atoms with Crippen molar-refractivity contribution in [2.24, 2.45) is 0 Å². The van der Waals surface area contributed by atoms with Crippen molar-refractivity contribution < 1.29 is 18.7 Å². The lowest BCUT2D eigenvalue weighted by molar-refractivity contribution is -0.132. The van der Waals surface area contributed by atoms with E-state index in [0.29, 0.717) is 36.6 Å². The smallest absolute Gasteiger partial charge is 0.251 e. The zero-order valence-corrected chi connectivity index (χ0v) is 16.8. The monoisotopic (exact) mass is 420 g/mol. The van der Waals surface area contributed by atoms with Crippen molar-refractivity contribution >= 4 is 5.91 Å². The van der Waals surface area contributed by atoms with Crippen LogP contribution in [0.4, 0.5) is 4.39 Å². The molecule has 1 saturated heterocycles. The fourth-order valence-corrected chi connectivity index (χ4v) is 3.76. The van der Waals surface area contributed by atoms with Crippen molar-refractivity contribution in [2.45, 2.75) is 31.6 Å². The maximum Gasteiger partial charge on any atom is 0.251 e. The van der Waals surface area contributed by atoms with Crippen LogP contribution < -0.4 is 15.4 Å². The van der Waals surface area contributed by atoms with Gasteiger partial charge in [-0.3, -0.25) is 4.79 Å². The second-order valence-corrected chi connectivity index (χ2v) is 7.52. The Bertz CT molecular complexity index is 1080. The summed E-state index contributed by atoms with van der Waals surface area (Å²) in [4.78, 5) is 12.5. The molecule has 2 heterocycles. The van der Waals surface area contributed by atoms with Gasteiger partial charge in [-0.2, -0.15) is 10.5 Å². The second-order valence-electron chi connectivity index (χ2n) is 7.52. The summed E-state index contributed by atoms with van der Waals surface area (Å²) in [5.41, 5.74) is 2.95. The molecule has 0 bridgehead atoms. The molecule has 0 radical (unpaired) electrons. The maximum absolute atomic E-state index is 14.9. The molecule has 7 nitrogen and oxygen atoms in total. The van der Waals surface area contributed by atoms with Crippen molar-refractivity contribution in [3.63, 3.8) is 0 Å². The van der Waals surface area contributed by atoms with Gasteiger partial charge >= 0.3 is 0 Å². The Morgan fingerprint density at radius 3 is 2.97 bits per heavy atom. The number of nitrogens with zero attached hydrogens (tertiary/aromatic N) is 2. The van der Waals surface area contributed by atoms with Crippen LogP contribution in [0, 0.1) is 28.5 Å². The van der Waals surface area contributed by atoms with Crippen LogP contribution in [-0.2, 0) is 22.6 Å². The Morgan fingerprint density at radius 1 is 1.29 bits per heavy atom. The number of rotatable bonds is 4. The lowest BCUT2D eigenvalue weighted by Crippen LogP contribution is -2.46. The molecule has 31 heavy (non-hydrogen) atoms. The number of halogens is 1. The number of ether oxygens (including phenoxy) is 2. The number of fused-ring (bicyclic) bond motifs is 3. The minimum absolute atomic E-state index is 0.00401. The SMILES string of the molecule is N#Cc1ccc2c(c1)-c1cc(F)c(CC(C#N)NC(=O)[C@@H]3CNCCCO3)cc1OC2. The molecule has 2 aliphatic rings. The van der Waals surface area contributed by atoms with Gasteiger partial charge in [-0.15, -0.1) is 0 Å². The molecule has 2 atom stereocenters. The third-order valence-corrected chi connectivity index (χ3v) is 5.40. The van der Waals surface area contributed by atoms with Gasteiger partial charge in [0.1, 0.15) is 30.3 Å². The topological polar surface area (TPSA) is 107 Å². The third-order valence-electron chi connectivity index (χ3n) is 5.40. The number of carbonyl (C=O) groups excluding carboxylic acids is 1. The van der Waals surface area contributed by atoms with Gasteiger partial charge in [-0.05, 0) is 53.9 Å². The highest BCUT2D eigenvalue weighted by atomic mass is 19.1. The van der Waals surface area contributed by atoms with Crippen LogP contribution >= 0.6 is 0 Å². The molecule has 8 heteroatoms. The molecular weight excluding hydrogens is 399 g/mol. The van der Waals surface area contributed by atoms with Crippen LogP contribution in [0.3, 0.4) is 0 Å². The third kappa shape index (κ3) is 4.51. The molecule has 2 N–H and O–H groups in total. The highest BCUT2D eigenvalue weighted by Gasteiger charge is 2.25. The van der Waals surface area contributed by atoms with Crippen LogP contribution in [0.15, 0.2) is 30.3 Å². The van der Waals surface area contributed by atoms with Crippen LogP contribution in [0.25, 0.3) is 11.1 Å². The average molecular weight is 420 g/mol. The zero-order valence-electron chi connectivity index (χ0n) is 16.8. The summed E-state index contributed by atoms with van der Waals surface area (Å²) in [5, 5.41) is 24.4. The lowest BCUT2D eigenvalue weighted by atomic mass is 9.93. The van der Waals surface area contributed by atoms with E-state index >= 15 is 0 Å². The number of benzene rings is 2. The number of carbonyl (C=O) groups is 1. The van der Waals surface area contributed by atoms with E-state index in [1.807, 2.05) is 6.07 Å². The van der Waals surface area contributed by atoms with Crippen molar-refractivity contribution in [1.29, 1.82) is 10.5 Å². The molecule has 1 fully saturated rings. The highest BCUT2D eigenvalue weighted by Crippen LogP contribution is 2.39. The minimum Gasteiger partial charge on any atom is -0.488 e. The predicted molar refractivity (Wildman–Crippen MR) is 109 cm³/mol. The Morgan fingerprint density at radius 2 is 2.16 bits per heavy atom. The largest absolute Gasteiger partial charge is 0.488 e. The van der Waals surface area contributed by atoms with E-state index in [4.69, 9.17) is 14.7 Å². The standard InChI is InChI=1S/C23H21FN4O3/c24-20-9-19-18-6-14(10-25)2-3-15(18)13-31-21(19)8-16(20)7-17(11-26)28-23(29)22-12-27-4-1-5-30-22/h2-3,6,8-9,17,22,27H,1,4-5,7,12-13H2,(H,28,29)/t17?,22-/m0/s1. The molecule has 2 aromatic carbocycles. The first-order valence-corrected chi connectivity index (χ1v) is 10.1. The Kier molecular flexibility index (Phi) is 6.13. The maximum atomic E-state index is 14.9. The molecule has 1 amide bonds. The molecule has 2 aromatic rings. The summed E-state index contributed by atoms with van der Waals surface area (Å²) in [6, 6.07) is 11.3. The number of hydrogen-bond donors (Lipinski definition) is 2. The van der Waals surface area contributed by atoms with E-state index in [1.165, 1.54) is 6.07 Å². The number of hydrogen-bond acceptors (Lipinski definition) is 6. The fourth-order valence-electron chi connectivity index (χ4n) is 3.76. The summed E-state index contributed by atoms with van der Waals surface area (Å²) in [6.07, 6.45) is 0.127. The van der Waals surface area contributed by atoms with Gasteiger partial charge < -0.3 is 20.1 Å². The molecule has 0 spiro atoms. The van der Waals surface area contributed by atoms with E-state index in [0.717, 1.165) is 24.1 Å². The summed E-state index contributed by atoms with van der Waals surface area (Å²) < 4.78 is 26.2. The average Bonchev–Trinajstić information content (AvgIpc) is 3.08. The predicted octanol–water partition coefficient (Wildman–Crippen LogP) is 2.19. The van der Waals surface area contributed by atoms with E-state index in [-0.39, 0.29) is 12.0 Å². The van der Waals surface area contributed by atoms with E-state index < -0.39 is 23.9 Å². The van der Waals surface area contributed by atoms with Crippen LogP contribution in [0.2, 0.25) is 0 Å². The minimum atomic E-state index is -0.909. The molecular formula is C23H21FN4O3. The number of nitriles is 2. The van der Waals surface area contributed by atoms with Gasteiger partial charge in [-0.1, -0.05) is 6.07 Å². The van der Waals surface area contributed by atoms with Gasteiger partial charge in [0, 0.05) is 25.1 Å². The zero-order chi connectivity index (χ0) is 21.8. The Labute approximate surface area is 179 Å². The van der Waals surface area contributed by atoms with Gasteiger partial charge in [-0.25, -0.2) is 4.39 Å². The van der Waals surface area contributed by atoms with Crippen molar-refractivity contribution in [3.8, 4) is 29.0 Å². The molecule has 158 valence electrons. The van der Waals surface area contributed by atoms with Gasteiger partial charge in [0.2, 0.25) is 0 Å². The van der Waals surface area contributed by atoms with Gasteiger partial charge in [0.15, 0.2) is 0 Å². The van der Waals surface area contributed by atoms with Crippen LogP contribution in [-0.4, -0.2) is 37.7 Å². The summed E-state index contributed by atoms with van der Waals surface area (Å²) in [7, 11) is 0. The molecule has 1 unspecified atom stereocenters. The van der Waals surface area contributed by atoms with E-state index in [1.54, 1.807) is 24.3 Å². The van der Waals surface area contributed by atoms with Crippen LogP contribution in [0.5, 0.6) is 5.75 Å². The first kappa shape index (κ1) is 20.8. The molecule has 0 saturated carbocycles. The van der Waals surface area contributed by atoms with E-state index in [2.05, 4.69) is 16.7 Å². The van der Waals surface area contributed by atoms with Gasteiger partial charge in [0.05, 0.1) is 17.7 Å². The fraction of sp³-hybridized carbons (Fsp3) is 0.348. The van der Waals surface area contributed by atoms with Crippen molar-refractivity contribution in [3.05, 3.63) is 52.8 Å². The molecule has 0 aliphatic carbocycles. The molecule has 4 rings (SSSR count). The summed E-state index contributed by atoms with van der Waals surface area (Å²) >= 11 is 0. The molecule has 0 aromatic heterocycles. The highest BCUT2D eigenvalue weighted by molar-refractivity contribution is 5.82. The van der Waals surface area contributed by atoms with Gasteiger partial charge in [0.25, 0.3) is 5.91 Å². The normalized spacial score (nSPS) is 18.2. The van der Waals surface area contributed by atoms with Crippen LogP contribution in [0.1, 0.15) is 23.1 Å². The summed E-state index contributed by atoms with van der Waals surface area (Å²) in [5.74, 6) is -0.411. The van der Waals surface area contributed by atoms with Crippen molar-refractivity contribution in [2.75, 3.05) is 19.7 Å². The first-order valence-electron chi connectivity index (χ1n) is 10.1. The number of nitrogens with one attached hydrogen (secondary N) is 2. The van der Waals surface area contributed by atoms with Crippen molar-refractivity contribution in [1.82, 2.24) is 10.6 Å². The summed E-state index contributed by atoms with van der Waals surface area (Å²) in [6.45, 7) is 1.91. The molecule has 2 aliphatic heterocycles. The Balaban J connectivity index is 1.53.